The highest BCUT2D eigenvalue weighted by atomic mass is 19.4. The molecule has 1 unspecified atom stereocenters. The standard InChI is InChI=1S/C21H21F6N3O3/c1-18(2)21(26,27)19(3,30-16(31)10-33-18)14-8-12(4-6-15(14)22)29-13-5-7-17(28-9-13)32-11-20(23,24)25/h4-9,29H,10-11H2,1-3H3,(H,30,31). The van der Waals surface area contributed by atoms with Gasteiger partial charge in [-0.05, 0) is 45.0 Å². The molecule has 0 spiro atoms. The van der Waals surface area contributed by atoms with Gasteiger partial charge < -0.3 is 20.1 Å². The van der Waals surface area contributed by atoms with E-state index in [2.05, 4.69) is 20.4 Å². The zero-order valence-corrected chi connectivity index (χ0v) is 17.8. The molecule has 1 amide bonds. The number of alkyl halides is 5. The summed E-state index contributed by atoms with van der Waals surface area (Å²) in [6.07, 6.45) is -3.36. The van der Waals surface area contributed by atoms with Crippen LogP contribution in [0.25, 0.3) is 0 Å². The van der Waals surface area contributed by atoms with E-state index in [1.54, 1.807) is 0 Å². The molecule has 1 aromatic carbocycles. The van der Waals surface area contributed by atoms with E-state index in [1.165, 1.54) is 18.2 Å². The first-order valence-electron chi connectivity index (χ1n) is 9.70. The minimum atomic E-state index is -4.52. The second-order valence-electron chi connectivity index (χ2n) is 8.16. The van der Waals surface area contributed by atoms with Crippen molar-refractivity contribution in [3.63, 3.8) is 0 Å². The SMILES string of the molecule is CC1(C)OCC(=O)NC(C)(c2cc(Nc3ccc(OCC(F)(F)F)nc3)ccc2F)C1(F)F. The summed E-state index contributed by atoms with van der Waals surface area (Å²) in [5, 5.41) is 4.99. The minimum absolute atomic E-state index is 0.173. The van der Waals surface area contributed by atoms with E-state index in [1.807, 2.05) is 0 Å². The molecule has 1 atom stereocenters. The Labute approximate surface area is 185 Å². The van der Waals surface area contributed by atoms with E-state index < -0.39 is 53.7 Å². The summed E-state index contributed by atoms with van der Waals surface area (Å²) in [7, 11) is 0. The summed E-state index contributed by atoms with van der Waals surface area (Å²) >= 11 is 0. The van der Waals surface area contributed by atoms with Crippen molar-refractivity contribution in [2.24, 2.45) is 0 Å². The molecule has 1 saturated heterocycles. The molecule has 2 heterocycles. The lowest BCUT2D eigenvalue weighted by Crippen LogP contribution is -2.62. The maximum atomic E-state index is 15.5. The van der Waals surface area contributed by atoms with E-state index in [0.29, 0.717) is 0 Å². The van der Waals surface area contributed by atoms with Gasteiger partial charge in [-0.15, -0.1) is 0 Å². The molecule has 1 aliphatic heterocycles. The third-order valence-electron chi connectivity index (χ3n) is 5.25. The number of carbonyl (C=O) groups is 1. The molecule has 6 nitrogen and oxygen atoms in total. The lowest BCUT2D eigenvalue weighted by atomic mass is 9.77. The van der Waals surface area contributed by atoms with Crippen LogP contribution in [0.3, 0.4) is 0 Å². The summed E-state index contributed by atoms with van der Waals surface area (Å²) in [5.74, 6) is -5.80. The van der Waals surface area contributed by atoms with E-state index in [0.717, 1.165) is 39.1 Å². The van der Waals surface area contributed by atoms with Crippen LogP contribution in [-0.4, -0.2) is 41.8 Å². The van der Waals surface area contributed by atoms with Crippen LogP contribution in [0, 0.1) is 5.82 Å². The number of hydrogen-bond acceptors (Lipinski definition) is 5. The van der Waals surface area contributed by atoms with Crippen LogP contribution in [0.15, 0.2) is 36.5 Å². The van der Waals surface area contributed by atoms with Crippen LogP contribution >= 0.6 is 0 Å². The van der Waals surface area contributed by atoms with Gasteiger partial charge in [-0.3, -0.25) is 4.79 Å². The van der Waals surface area contributed by atoms with E-state index in [-0.39, 0.29) is 17.3 Å². The molecular weight excluding hydrogens is 456 g/mol. The maximum absolute atomic E-state index is 15.5. The number of benzene rings is 1. The number of anilines is 2. The van der Waals surface area contributed by atoms with E-state index in [4.69, 9.17) is 4.74 Å². The van der Waals surface area contributed by atoms with Gasteiger partial charge in [0.1, 0.15) is 23.6 Å². The average molecular weight is 477 g/mol. The van der Waals surface area contributed by atoms with Crippen molar-refractivity contribution in [1.29, 1.82) is 0 Å². The Morgan fingerprint density at radius 3 is 2.42 bits per heavy atom. The number of halogens is 6. The van der Waals surface area contributed by atoms with Crippen molar-refractivity contribution in [3.8, 4) is 5.88 Å². The number of nitrogens with one attached hydrogen (secondary N) is 2. The molecule has 1 aromatic heterocycles. The quantitative estimate of drug-likeness (QED) is 0.612. The molecule has 33 heavy (non-hydrogen) atoms. The highest BCUT2D eigenvalue weighted by molar-refractivity contribution is 5.79. The fourth-order valence-corrected chi connectivity index (χ4v) is 3.42. The van der Waals surface area contributed by atoms with Gasteiger partial charge >= 0.3 is 12.1 Å². The molecule has 0 radical (unpaired) electrons. The predicted octanol–water partition coefficient (Wildman–Crippen LogP) is 4.68. The van der Waals surface area contributed by atoms with Crippen molar-refractivity contribution in [2.75, 3.05) is 18.5 Å². The molecule has 0 aliphatic carbocycles. The normalized spacial score (nSPS) is 22.3. The maximum Gasteiger partial charge on any atom is 0.422 e. The lowest BCUT2D eigenvalue weighted by Gasteiger charge is -2.43. The van der Waals surface area contributed by atoms with Crippen molar-refractivity contribution < 1.29 is 40.6 Å². The van der Waals surface area contributed by atoms with Crippen LogP contribution in [0.2, 0.25) is 0 Å². The number of rotatable bonds is 5. The van der Waals surface area contributed by atoms with Gasteiger partial charge in [-0.25, -0.2) is 18.2 Å². The average Bonchev–Trinajstić information content (AvgIpc) is 2.77. The van der Waals surface area contributed by atoms with Crippen molar-refractivity contribution in [1.82, 2.24) is 10.3 Å². The summed E-state index contributed by atoms with van der Waals surface area (Å²) in [6.45, 7) is 1.11. The number of nitrogens with zero attached hydrogens (tertiary/aromatic N) is 1. The lowest BCUT2D eigenvalue weighted by molar-refractivity contribution is -0.216. The first-order chi connectivity index (χ1) is 15.1. The zero-order valence-electron chi connectivity index (χ0n) is 17.8. The van der Waals surface area contributed by atoms with Crippen LogP contribution in [0.4, 0.5) is 37.7 Å². The van der Waals surface area contributed by atoms with Crippen LogP contribution in [0.5, 0.6) is 5.88 Å². The first kappa shape index (κ1) is 24.6. The Morgan fingerprint density at radius 1 is 1.15 bits per heavy atom. The molecule has 180 valence electrons. The summed E-state index contributed by atoms with van der Waals surface area (Å²) in [4.78, 5) is 15.8. The Balaban J connectivity index is 1.90. The highest BCUT2D eigenvalue weighted by Crippen LogP contribution is 2.48. The molecule has 0 bridgehead atoms. The van der Waals surface area contributed by atoms with E-state index >= 15 is 8.78 Å². The van der Waals surface area contributed by atoms with Crippen molar-refractivity contribution in [2.45, 2.75) is 44.0 Å². The van der Waals surface area contributed by atoms with Gasteiger partial charge in [0.25, 0.3) is 0 Å². The molecule has 2 N–H and O–H groups in total. The number of aromatic nitrogens is 1. The van der Waals surface area contributed by atoms with Gasteiger partial charge in [-0.2, -0.15) is 13.2 Å². The van der Waals surface area contributed by atoms with Gasteiger partial charge in [0.05, 0.1) is 11.9 Å². The third-order valence-corrected chi connectivity index (χ3v) is 5.25. The van der Waals surface area contributed by atoms with Crippen LogP contribution in [0.1, 0.15) is 26.3 Å². The van der Waals surface area contributed by atoms with Gasteiger partial charge in [0.15, 0.2) is 6.61 Å². The topological polar surface area (TPSA) is 72.5 Å². The predicted molar refractivity (Wildman–Crippen MR) is 106 cm³/mol. The molecule has 1 fully saturated rings. The second-order valence-corrected chi connectivity index (χ2v) is 8.16. The number of hydrogen-bond donors (Lipinski definition) is 2. The minimum Gasteiger partial charge on any atom is -0.468 e. The Kier molecular flexibility index (Phi) is 6.26. The molecule has 0 saturated carbocycles. The molecule has 1 aliphatic rings. The largest absolute Gasteiger partial charge is 0.468 e. The van der Waals surface area contributed by atoms with Crippen molar-refractivity contribution in [3.05, 3.63) is 47.9 Å². The Bertz CT molecular complexity index is 1030. The highest BCUT2D eigenvalue weighted by Gasteiger charge is 2.64. The number of ether oxygens (including phenoxy) is 2. The second kappa shape index (κ2) is 8.40. The summed E-state index contributed by atoms with van der Waals surface area (Å²) < 4.78 is 91.9. The third kappa shape index (κ3) is 5.00. The zero-order chi connectivity index (χ0) is 24.7. The number of pyridine rings is 1. The molecule has 12 heteroatoms. The van der Waals surface area contributed by atoms with Gasteiger partial charge in [0, 0.05) is 17.3 Å². The smallest absolute Gasteiger partial charge is 0.422 e. The van der Waals surface area contributed by atoms with Gasteiger partial charge in [-0.1, -0.05) is 0 Å². The number of carbonyl (C=O) groups excluding carboxylic acids is 1. The molecule has 2 aromatic rings. The molecule has 3 rings (SSSR count). The summed E-state index contributed by atoms with van der Waals surface area (Å²) in [5.41, 5.74) is -4.57. The molecular formula is C21H21F6N3O3. The monoisotopic (exact) mass is 477 g/mol. The fraction of sp³-hybridized carbons (Fsp3) is 0.429. The number of amides is 1. The van der Waals surface area contributed by atoms with Crippen LogP contribution < -0.4 is 15.4 Å². The first-order valence-corrected chi connectivity index (χ1v) is 9.70. The fourth-order valence-electron chi connectivity index (χ4n) is 3.42. The van der Waals surface area contributed by atoms with Gasteiger partial charge in [0.2, 0.25) is 11.8 Å². The van der Waals surface area contributed by atoms with Crippen molar-refractivity contribution >= 4 is 17.3 Å². The van der Waals surface area contributed by atoms with Crippen LogP contribution in [-0.2, 0) is 15.1 Å². The Hall–Kier alpha value is -3.02. The van der Waals surface area contributed by atoms with E-state index in [9.17, 15) is 22.4 Å². The Morgan fingerprint density at radius 2 is 1.82 bits per heavy atom. The summed E-state index contributed by atoms with van der Waals surface area (Å²) in [6, 6.07) is 5.87.